The summed E-state index contributed by atoms with van der Waals surface area (Å²) in [6.07, 6.45) is 3.08. The zero-order valence-electron chi connectivity index (χ0n) is 15.3. The van der Waals surface area contributed by atoms with Crippen LogP contribution in [0.15, 0.2) is 30.5 Å². The predicted octanol–water partition coefficient (Wildman–Crippen LogP) is 1.50. The van der Waals surface area contributed by atoms with Crippen LogP contribution < -0.4 is 5.32 Å². The van der Waals surface area contributed by atoms with Gasteiger partial charge in [-0.15, -0.1) is 0 Å². The molecule has 1 aliphatic carbocycles. The smallest absolute Gasteiger partial charge is 0.227 e. The van der Waals surface area contributed by atoms with Gasteiger partial charge in [0, 0.05) is 38.7 Å². The van der Waals surface area contributed by atoms with Crippen molar-refractivity contribution in [1.29, 1.82) is 0 Å². The van der Waals surface area contributed by atoms with Crippen LogP contribution in [0.1, 0.15) is 29.7 Å². The standard InChI is InChI=1S/C20H23FN4O2/c1-13(26)22-6-7-25-11-16-8-15-10-24(12-17(15)20(16)23-25)19(27)9-14-4-2-3-5-18(14)21/h2-5,11,15,17H,6-10,12H2,1H3,(H,22,26)/t15-,17+/m1/s1. The van der Waals surface area contributed by atoms with E-state index in [4.69, 9.17) is 0 Å². The highest BCUT2D eigenvalue weighted by Gasteiger charge is 2.43. The lowest BCUT2D eigenvalue weighted by Gasteiger charge is -2.17. The molecule has 7 heteroatoms. The summed E-state index contributed by atoms with van der Waals surface area (Å²) in [5.41, 5.74) is 2.76. The molecular formula is C20H23FN4O2. The number of carbonyl (C=O) groups excluding carboxylic acids is 2. The molecule has 0 bridgehead atoms. The fourth-order valence-electron chi connectivity index (χ4n) is 4.20. The van der Waals surface area contributed by atoms with Gasteiger partial charge in [-0.25, -0.2) is 4.39 Å². The molecule has 0 radical (unpaired) electrons. The monoisotopic (exact) mass is 370 g/mol. The highest BCUT2D eigenvalue weighted by Crippen LogP contribution is 2.42. The van der Waals surface area contributed by atoms with Crippen molar-refractivity contribution in [3.8, 4) is 0 Å². The van der Waals surface area contributed by atoms with E-state index in [1.54, 1.807) is 18.2 Å². The van der Waals surface area contributed by atoms with Crippen molar-refractivity contribution < 1.29 is 14.0 Å². The van der Waals surface area contributed by atoms with Gasteiger partial charge in [0.2, 0.25) is 11.8 Å². The van der Waals surface area contributed by atoms with Crippen LogP contribution in [0, 0.1) is 11.7 Å². The predicted molar refractivity (Wildman–Crippen MR) is 97.5 cm³/mol. The van der Waals surface area contributed by atoms with E-state index >= 15 is 0 Å². The molecular weight excluding hydrogens is 347 g/mol. The lowest BCUT2D eigenvalue weighted by molar-refractivity contribution is -0.129. The van der Waals surface area contributed by atoms with Crippen molar-refractivity contribution in [3.05, 3.63) is 53.1 Å². The number of nitrogens with one attached hydrogen (secondary N) is 1. The minimum absolute atomic E-state index is 0.0267. The summed E-state index contributed by atoms with van der Waals surface area (Å²) < 4.78 is 15.7. The van der Waals surface area contributed by atoms with Crippen LogP contribution in [0.2, 0.25) is 0 Å². The molecule has 27 heavy (non-hydrogen) atoms. The summed E-state index contributed by atoms with van der Waals surface area (Å²) in [5.74, 6) is 0.254. The number of fused-ring (bicyclic) bond motifs is 3. The molecule has 0 spiro atoms. The van der Waals surface area contributed by atoms with Crippen molar-refractivity contribution in [2.45, 2.75) is 32.2 Å². The molecule has 0 saturated carbocycles. The summed E-state index contributed by atoms with van der Waals surface area (Å²) in [5, 5.41) is 7.46. The molecule has 0 unspecified atom stereocenters. The third-order valence-corrected chi connectivity index (χ3v) is 5.51. The highest BCUT2D eigenvalue weighted by atomic mass is 19.1. The Morgan fingerprint density at radius 2 is 2.11 bits per heavy atom. The lowest BCUT2D eigenvalue weighted by atomic mass is 9.99. The molecule has 1 saturated heterocycles. The number of hydrogen-bond donors (Lipinski definition) is 1. The fraction of sp³-hybridized carbons (Fsp3) is 0.450. The summed E-state index contributed by atoms with van der Waals surface area (Å²) in [7, 11) is 0. The van der Waals surface area contributed by atoms with Crippen LogP contribution in [0.5, 0.6) is 0 Å². The molecule has 1 aromatic heterocycles. The molecule has 1 fully saturated rings. The average molecular weight is 370 g/mol. The van der Waals surface area contributed by atoms with Gasteiger partial charge in [-0.05, 0) is 29.5 Å². The second kappa shape index (κ2) is 7.13. The van der Waals surface area contributed by atoms with Gasteiger partial charge < -0.3 is 10.2 Å². The van der Waals surface area contributed by atoms with Crippen LogP contribution in [-0.2, 0) is 29.0 Å². The summed E-state index contributed by atoms with van der Waals surface area (Å²) in [4.78, 5) is 25.4. The minimum atomic E-state index is -0.328. The Hall–Kier alpha value is -2.70. The molecule has 142 valence electrons. The molecule has 1 N–H and O–H groups in total. The van der Waals surface area contributed by atoms with Gasteiger partial charge in [-0.2, -0.15) is 5.10 Å². The van der Waals surface area contributed by atoms with Gasteiger partial charge in [0.05, 0.1) is 18.7 Å². The fourth-order valence-corrected chi connectivity index (χ4v) is 4.20. The quantitative estimate of drug-likeness (QED) is 0.867. The number of likely N-dealkylation sites (tertiary alicyclic amines) is 1. The first kappa shape index (κ1) is 17.7. The highest BCUT2D eigenvalue weighted by molar-refractivity contribution is 5.79. The van der Waals surface area contributed by atoms with Crippen molar-refractivity contribution in [2.24, 2.45) is 5.92 Å². The lowest BCUT2D eigenvalue weighted by Crippen LogP contribution is -2.31. The van der Waals surface area contributed by atoms with Crippen LogP contribution >= 0.6 is 0 Å². The van der Waals surface area contributed by atoms with Gasteiger partial charge in [0.1, 0.15) is 5.82 Å². The second-order valence-electron chi connectivity index (χ2n) is 7.42. The largest absolute Gasteiger partial charge is 0.354 e. The Bertz CT molecular complexity index is 879. The Labute approximate surface area is 157 Å². The van der Waals surface area contributed by atoms with Gasteiger partial charge >= 0.3 is 0 Å². The van der Waals surface area contributed by atoms with Gasteiger partial charge in [0.15, 0.2) is 0 Å². The van der Waals surface area contributed by atoms with Gasteiger partial charge in [-0.1, -0.05) is 18.2 Å². The number of nitrogens with zero attached hydrogens (tertiary/aromatic N) is 3. The number of hydrogen-bond acceptors (Lipinski definition) is 3. The molecule has 4 rings (SSSR count). The van der Waals surface area contributed by atoms with E-state index in [9.17, 15) is 14.0 Å². The maximum absolute atomic E-state index is 13.8. The first-order valence-corrected chi connectivity index (χ1v) is 9.33. The first-order valence-electron chi connectivity index (χ1n) is 9.33. The normalized spacial score (nSPS) is 20.4. The number of benzene rings is 1. The van der Waals surface area contributed by atoms with Crippen molar-refractivity contribution in [2.75, 3.05) is 19.6 Å². The van der Waals surface area contributed by atoms with Crippen LogP contribution in [0.4, 0.5) is 4.39 Å². The summed E-state index contributed by atoms with van der Waals surface area (Å²) >= 11 is 0. The molecule has 1 aromatic carbocycles. The maximum atomic E-state index is 13.8. The van der Waals surface area contributed by atoms with Crippen molar-refractivity contribution in [3.63, 3.8) is 0 Å². The van der Waals surface area contributed by atoms with E-state index in [0.29, 0.717) is 37.7 Å². The Kier molecular flexibility index (Phi) is 4.68. The van der Waals surface area contributed by atoms with Crippen LogP contribution in [0.3, 0.4) is 0 Å². The molecule has 6 nitrogen and oxygen atoms in total. The molecule has 1 aliphatic heterocycles. The average Bonchev–Trinajstić information content (AvgIpc) is 3.27. The summed E-state index contributed by atoms with van der Waals surface area (Å²) in [6.45, 7) is 4.05. The number of amides is 2. The first-order chi connectivity index (χ1) is 13.0. The third kappa shape index (κ3) is 3.59. The van der Waals surface area contributed by atoms with E-state index in [1.165, 1.54) is 18.6 Å². The summed E-state index contributed by atoms with van der Waals surface area (Å²) in [6, 6.07) is 6.44. The van der Waals surface area contributed by atoms with E-state index in [2.05, 4.69) is 16.6 Å². The third-order valence-electron chi connectivity index (χ3n) is 5.51. The van der Waals surface area contributed by atoms with Crippen LogP contribution in [0.25, 0.3) is 0 Å². The number of aromatic nitrogens is 2. The van der Waals surface area contributed by atoms with Gasteiger partial charge in [-0.3, -0.25) is 14.3 Å². The number of carbonyl (C=O) groups is 2. The van der Waals surface area contributed by atoms with Crippen molar-refractivity contribution >= 4 is 11.8 Å². The molecule has 2 aromatic rings. The Balaban J connectivity index is 1.38. The SMILES string of the molecule is CC(=O)NCCn1cc2c(n1)[C@H]1CN(C(=O)Cc3ccccc3F)C[C@H]1C2. The Morgan fingerprint density at radius 3 is 2.89 bits per heavy atom. The second-order valence-corrected chi connectivity index (χ2v) is 7.42. The molecule has 2 amide bonds. The number of halogens is 1. The zero-order valence-corrected chi connectivity index (χ0v) is 15.3. The van der Waals surface area contributed by atoms with Crippen molar-refractivity contribution in [1.82, 2.24) is 20.0 Å². The van der Waals surface area contributed by atoms with E-state index in [0.717, 1.165) is 12.1 Å². The maximum Gasteiger partial charge on any atom is 0.227 e. The van der Waals surface area contributed by atoms with E-state index in [-0.39, 0.29) is 30.0 Å². The molecule has 2 atom stereocenters. The van der Waals surface area contributed by atoms with Gasteiger partial charge in [0.25, 0.3) is 0 Å². The zero-order chi connectivity index (χ0) is 19.0. The minimum Gasteiger partial charge on any atom is -0.354 e. The molecule has 2 aliphatic rings. The van der Waals surface area contributed by atoms with E-state index < -0.39 is 0 Å². The van der Waals surface area contributed by atoms with E-state index in [1.807, 2.05) is 9.58 Å². The number of rotatable bonds is 5. The Morgan fingerprint density at radius 1 is 1.30 bits per heavy atom. The van der Waals surface area contributed by atoms with Crippen LogP contribution in [-0.4, -0.2) is 46.1 Å². The topological polar surface area (TPSA) is 67.2 Å². The molecule has 2 heterocycles.